The highest BCUT2D eigenvalue weighted by Crippen LogP contribution is 2.17. The van der Waals surface area contributed by atoms with Gasteiger partial charge in [-0.25, -0.2) is 4.79 Å². The van der Waals surface area contributed by atoms with E-state index in [2.05, 4.69) is 27.3 Å². The topological polar surface area (TPSA) is 82.3 Å². The van der Waals surface area contributed by atoms with Gasteiger partial charge in [-0.3, -0.25) is 4.79 Å². The fraction of sp³-hybridized carbons (Fsp3) is 0.765. The molecule has 0 spiro atoms. The zero-order chi connectivity index (χ0) is 16.3. The van der Waals surface area contributed by atoms with Crippen molar-refractivity contribution in [2.75, 3.05) is 26.2 Å². The summed E-state index contributed by atoms with van der Waals surface area (Å²) in [6.45, 7) is 3.07. The maximum atomic E-state index is 11.8. The quantitative estimate of drug-likeness (QED) is 0.414. The van der Waals surface area contributed by atoms with Crippen molar-refractivity contribution in [1.29, 1.82) is 0 Å². The van der Waals surface area contributed by atoms with Crippen LogP contribution in [-0.4, -0.2) is 44.2 Å². The number of hydrogen-bond acceptors (Lipinski definition) is 3. The fourth-order valence-corrected chi connectivity index (χ4v) is 3.06. The van der Waals surface area contributed by atoms with E-state index in [1.54, 1.807) is 0 Å². The highest BCUT2D eigenvalue weighted by Gasteiger charge is 2.15. The Balaban J connectivity index is 0.00000288. The molecule has 2 aliphatic rings. The molecule has 0 aromatic heterocycles. The summed E-state index contributed by atoms with van der Waals surface area (Å²) in [5.41, 5.74) is 1.29. The molecule has 0 atom stereocenters. The molecule has 0 saturated heterocycles. The van der Waals surface area contributed by atoms with E-state index in [9.17, 15) is 9.59 Å². The zero-order valence-electron chi connectivity index (χ0n) is 14.4. The molecule has 24 heavy (non-hydrogen) atoms. The standard InChI is InChI=1S/C17H30N4O2.ClH/c22-16(20-13-14-8-11-18-12-9-14)7-4-10-19-17(23)21-15-5-2-1-3-6-15;/h8,15,18H,1-7,9-13H2,(H,20,22)(H2,19,21,23);1H. The van der Waals surface area contributed by atoms with Crippen LogP contribution in [0.25, 0.3) is 0 Å². The summed E-state index contributed by atoms with van der Waals surface area (Å²) in [5.74, 6) is 0.0546. The van der Waals surface area contributed by atoms with Crippen molar-refractivity contribution >= 4 is 24.3 Å². The summed E-state index contributed by atoms with van der Waals surface area (Å²) in [4.78, 5) is 23.5. The molecule has 1 aliphatic heterocycles. The summed E-state index contributed by atoms with van der Waals surface area (Å²) in [5, 5.41) is 12.0. The van der Waals surface area contributed by atoms with Crippen LogP contribution in [0.3, 0.4) is 0 Å². The van der Waals surface area contributed by atoms with Crippen LogP contribution in [0.5, 0.6) is 0 Å². The van der Waals surface area contributed by atoms with Crippen molar-refractivity contribution in [3.63, 3.8) is 0 Å². The van der Waals surface area contributed by atoms with Gasteiger partial charge in [0.15, 0.2) is 0 Å². The number of hydrogen-bond donors (Lipinski definition) is 4. The second kappa shape index (κ2) is 12.1. The summed E-state index contributed by atoms with van der Waals surface area (Å²) in [6.07, 6.45) is 10.1. The number of amides is 3. The molecular formula is C17H31ClN4O2. The SMILES string of the molecule is Cl.O=C(CCCNC(=O)NC1CCCCC1)NCC1=CCNCC1. The lowest BCUT2D eigenvalue weighted by Gasteiger charge is -2.22. The van der Waals surface area contributed by atoms with E-state index in [0.29, 0.717) is 32.0 Å². The highest BCUT2D eigenvalue weighted by molar-refractivity contribution is 5.85. The number of carbonyl (C=O) groups is 2. The first-order chi connectivity index (χ1) is 11.2. The van der Waals surface area contributed by atoms with Crippen LogP contribution in [0.2, 0.25) is 0 Å². The van der Waals surface area contributed by atoms with Gasteiger partial charge in [0.25, 0.3) is 0 Å². The van der Waals surface area contributed by atoms with E-state index in [0.717, 1.165) is 32.4 Å². The van der Waals surface area contributed by atoms with Gasteiger partial charge in [-0.2, -0.15) is 0 Å². The minimum absolute atomic E-state index is 0. The average Bonchev–Trinajstić information content (AvgIpc) is 2.59. The molecule has 7 heteroatoms. The van der Waals surface area contributed by atoms with Gasteiger partial charge in [0.2, 0.25) is 5.91 Å². The van der Waals surface area contributed by atoms with Crippen molar-refractivity contribution in [3.8, 4) is 0 Å². The molecule has 3 amide bonds. The third-order valence-electron chi connectivity index (χ3n) is 4.48. The molecule has 1 aliphatic carbocycles. The molecule has 0 unspecified atom stereocenters. The molecule has 6 nitrogen and oxygen atoms in total. The summed E-state index contributed by atoms with van der Waals surface area (Å²) in [6, 6.07) is 0.225. The fourth-order valence-electron chi connectivity index (χ4n) is 3.06. The smallest absolute Gasteiger partial charge is 0.315 e. The van der Waals surface area contributed by atoms with Gasteiger partial charge in [0, 0.05) is 32.1 Å². The molecule has 0 aromatic rings. The van der Waals surface area contributed by atoms with E-state index < -0.39 is 0 Å². The Labute approximate surface area is 151 Å². The molecule has 1 fully saturated rings. The summed E-state index contributed by atoms with van der Waals surface area (Å²) >= 11 is 0. The molecule has 1 heterocycles. The third-order valence-corrected chi connectivity index (χ3v) is 4.48. The van der Waals surface area contributed by atoms with Gasteiger partial charge in [0.05, 0.1) is 0 Å². The normalized spacial score (nSPS) is 18.1. The van der Waals surface area contributed by atoms with Crippen LogP contribution >= 0.6 is 12.4 Å². The molecule has 0 bridgehead atoms. The van der Waals surface area contributed by atoms with Crippen LogP contribution in [0, 0.1) is 0 Å². The maximum absolute atomic E-state index is 11.8. The Morgan fingerprint density at radius 2 is 1.96 bits per heavy atom. The van der Waals surface area contributed by atoms with Gasteiger partial charge in [-0.05, 0) is 32.2 Å². The summed E-state index contributed by atoms with van der Waals surface area (Å²) < 4.78 is 0. The van der Waals surface area contributed by atoms with E-state index in [1.165, 1.54) is 24.8 Å². The minimum atomic E-state index is -0.0998. The highest BCUT2D eigenvalue weighted by atomic mass is 35.5. The zero-order valence-corrected chi connectivity index (χ0v) is 15.2. The molecule has 2 rings (SSSR count). The maximum Gasteiger partial charge on any atom is 0.315 e. The van der Waals surface area contributed by atoms with Crippen LogP contribution in [0.15, 0.2) is 11.6 Å². The van der Waals surface area contributed by atoms with Gasteiger partial charge in [-0.15, -0.1) is 12.4 Å². The van der Waals surface area contributed by atoms with Gasteiger partial charge in [0.1, 0.15) is 0 Å². The minimum Gasteiger partial charge on any atom is -0.352 e. The van der Waals surface area contributed by atoms with Crippen molar-refractivity contribution in [1.82, 2.24) is 21.3 Å². The first-order valence-electron chi connectivity index (χ1n) is 8.94. The lowest BCUT2D eigenvalue weighted by atomic mass is 9.96. The van der Waals surface area contributed by atoms with E-state index in [-0.39, 0.29) is 24.3 Å². The van der Waals surface area contributed by atoms with E-state index >= 15 is 0 Å². The first kappa shape index (κ1) is 20.8. The number of rotatable bonds is 7. The molecule has 1 saturated carbocycles. The number of halogens is 1. The first-order valence-corrected chi connectivity index (χ1v) is 8.94. The lowest BCUT2D eigenvalue weighted by molar-refractivity contribution is -0.121. The van der Waals surface area contributed by atoms with Gasteiger partial charge in [-0.1, -0.05) is 30.9 Å². The number of urea groups is 1. The van der Waals surface area contributed by atoms with Crippen LogP contribution in [0.4, 0.5) is 4.79 Å². The van der Waals surface area contributed by atoms with E-state index in [1.807, 2.05) is 0 Å². The Kier molecular flexibility index (Phi) is 10.5. The Hall–Kier alpha value is -1.27. The number of carbonyl (C=O) groups excluding carboxylic acids is 2. The molecular weight excluding hydrogens is 328 g/mol. The van der Waals surface area contributed by atoms with Crippen LogP contribution in [0.1, 0.15) is 51.4 Å². The monoisotopic (exact) mass is 358 g/mol. The molecule has 4 N–H and O–H groups in total. The largest absolute Gasteiger partial charge is 0.352 e. The molecule has 138 valence electrons. The van der Waals surface area contributed by atoms with Gasteiger partial charge < -0.3 is 21.3 Å². The summed E-state index contributed by atoms with van der Waals surface area (Å²) in [7, 11) is 0. The second-order valence-electron chi connectivity index (χ2n) is 6.43. The molecule has 0 radical (unpaired) electrons. The third kappa shape index (κ3) is 8.55. The predicted octanol–water partition coefficient (Wildman–Crippen LogP) is 1.86. The molecule has 0 aromatic carbocycles. The second-order valence-corrected chi connectivity index (χ2v) is 6.43. The van der Waals surface area contributed by atoms with Crippen LogP contribution < -0.4 is 21.3 Å². The Bertz CT molecular complexity index is 423. The van der Waals surface area contributed by atoms with Crippen molar-refractivity contribution in [3.05, 3.63) is 11.6 Å². The number of nitrogens with one attached hydrogen (secondary N) is 4. The predicted molar refractivity (Wildman–Crippen MR) is 98.5 cm³/mol. The van der Waals surface area contributed by atoms with Gasteiger partial charge >= 0.3 is 6.03 Å². The van der Waals surface area contributed by atoms with E-state index in [4.69, 9.17) is 0 Å². The average molecular weight is 359 g/mol. The Morgan fingerprint density at radius 3 is 2.67 bits per heavy atom. The van der Waals surface area contributed by atoms with Crippen molar-refractivity contribution in [2.24, 2.45) is 0 Å². The van der Waals surface area contributed by atoms with Crippen molar-refractivity contribution < 1.29 is 9.59 Å². The Morgan fingerprint density at radius 1 is 1.17 bits per heavy atom. The van der Waals surface area contributed by atoms with Crippen molar-refractivity contribution in [2.45, 2.75) is 57.4 Å². The lowest BCUT2D eigenvalue weighted by Crippen LogP contribution is -2.43. The van der Waals surface area contributed by atoms with Crippen LogP contribution in [-0.2, 0) is 4.79 Å².